The van der Waals surface area contributed by atoms with Crippen LogP contribution >= 0.6 is 0 Å². The van der Waals surface area contributed by atoms with Crippen molar-refractivity contribution in [3.8, 4) is 5.75 Å². The average molecular weight is 411 g/mol. The summed E-state index contributed by atoms with van der Waals surface area (Å²) < 4.78 is 8.29. The Morgan fingerprint density at radius 3 is 2.77 bits per heavy atom. The highest BCUT2D eigenvalue weighted by atomic mass is 16.5. The van der Waals surface area contributed by atoms with Gasteiger partial charge in [-0.2, -0.15) is 5.10 Å². The minimum absolute atomic E-state index is 0.248. The zero-order valence-electron chi connectivity index (χ0n) is 18.3. The van der Waals surface area contributed by atoms with Crippen LogP contribution in [0.2, 0.25) is 0 Å². The van der Waals surface area contributed by atoms with E-state index in [0.29, 0.717) is 12.1 Å². The second-order valence-electron chi connectivity index (χ2n) is 9.16. The van der Waals surface area contributed by atoms with E-state index < -0.39 is 6.10 Å². The van der Waals surface area contributed by atoms with Gasteiger partial charge in [0, 0.05) is 51.4 Å². The van der Waals surface area contributed by atoms with E-state index in [-0.39, 0.29) is 5.60 Å². The van der Waals surface area contributed by atoms with Crippen molar-refractivity contribution in [3.63, 3.8) is 0 Å². The topological polar surface area (TPSA) is 53.8 Å². The van der Waals surface area contributed by atoms with E-state index in [2.05, 4.69) is 46.9 Å². The lowest BCUT2D eigenvalue weighted by Gasteiger charge is -2.44. The van der Waals surface area contributed by atoms with Crippen molar-refractivity contribution < 1.29 is 9.84 Å². The molecule has 1 aromatic heterocycles. The van der Waals surface area contributed by atoms with Crippen LogP contribution in [0.15, 0.2) is 24.4 Å². The molecule has 162 valence electrons. The van der Waals surface area contributed by atoms with Crippen LogP contribution in [0, 0.1) is 0 Å². The molecule has 1 spiro atoms. The average Bonchev–Trinajstić information content (AvgIpc) is 3.18. The molecular weight excluding hydrogens is 376 g/mol. The van der Waals surface area contributed by atoms with Gasteiger partial charge in [0.05, 0.1) is 6.20 Å². The lowest BCUT2D eigenvalue weighted by Crippen LogP contribution is -2.50. The molecular formula is C24H34N4O2. The fraction of sp³-hybridized carbons (Fsp3) is 0.625. The molecule has 5 rings (SSSR count). The van der Waals surface area contributed by atoms with Gasteiger partial charge >= 0.3 is 0 Å². The SMILES string of the molecule is CCN1CCCc2cc(CN3CCC4(CC3)CC(O)c3nn(CC)cc3O4)ccc21. The molecule has 1 saturated heterocycles. The number of benzene rings is 1. The third kappa shape index (κ3) is 3.60. The Labute approximate surface area is 179 Å². The molecule has 6 heteroatoms. The van der Waals surface area contributed by atoms with Crippen LogP contribution in [0.5, 0.6) is 5.75 Å². The van der Waals surface area contributed by atoms with Crippen LogP contribution in [0.1, 0.15) is 62.5 Å². The minimum atomic E-state index is -0.518. The fourth-order valence-electron chi connectivity index (χ4n) is 5.45. The van der Waals surface area contributed by atoms with Gasteiger partial charge in [-0.25, -0.2) is 0 Å². The highest BCUT2D eigenvalue weighted by Gasteiger charge is 2.44. The third-order valence-electron chi connectivity index (χ3n) is 7.20. The summed E-state index contributed by atoms with van der Waals surface area (Å²) in [7, 11) is 0. The number of hydrogen-bond donors (Lipinski definition) is 1. The molecule has 1 N–H and O–H groups in total. The molecule has 4 heterocycles. The normalized spacial score (nSPS) is 23.2. The Morgan fingerprint density at radius 2 is 2.00 bits per heavy atom. The number of piperidine rings is 1. The quantitative estimate of drug-likeness (QED) is 0.836. The van der Waals surface area contributed by atoms with E-state index in [1.807, 2.05) is 10.9 Å². The van der Waals surface area contributed by atoms with Gasteiger partial charge in [0.1, 0.15) is 17.4 Å². The number of fused-ring (bicyclic) bond motifs is 2. The molecule has 1 unspecified atom stereocenters. The van der Waals surface area contributed by atoms with Crippen LogP contribution in [0.25, 0.3) is 0 Å². The van der Waals surface area contributed by atoms with Gasteiger partial charge in [0.25, 0.3) is 0 Å². The monoisotopic (exact) mass is 410 g/mol. The predicted octanol–water partition coefficient (Wildman–Crippen LogP) is 3.53. The number of aliphatic hydroxyl groups excluding tert-OH is 1. The standard InChI is InChI=1S/C24H34N4O2/c1-3-27-11-5-6-19-14-18(7-8-20(19)27)16-26-12-9-24(10-13-26)15-21(29)23-22(30-24)17-28(4-2)25-23/h7-8,14,17,21,29H,3-6,9-13,15-16H2,1-2H3. The second-order valence-corrected chi connectivity index (χ2v) is 9.16. The zero-order valence-corrected chi connectivity index (χ0v) is 18.3. The number of rotatable bonds is 4. The Balaban J connectivity index is 1.24. The number of likely N-dealkylation sites (tertiary alicyclic amines) is 1. The smallest absolute Gasteiger partial charge is 0.163 e. The van der Waals surface area contributed by atoms with Gasteiger partial charge in [-0.3, -0.25) is 9.58 Å². The Hall–Kier alpha value is -2.05. The van der Waals surface area contributed by atoms with Crippen LogP contribution < -0.4 is 9.64 Å². The molecule has 30 heavy (non-hydrogen) atoms. The maximum atomic E-state index is 10.7. The van der Waals surface area contributed by atoms with Crippen molar-refractivity contribution in [2.75, 3.05) is 31.1 Å². The molecule has 1 aromatic carbocycles. The number of aromatic nitrogens is 2. The first kappa shape index (κ1) is 19.9. The zero-order chi connectivity index (χ0) is 20.7. The van der Waals surface area contributed by atoms with Crippen molar-refractivity contribution in [1.29, 1.82) is 0 Å². The van der Waals surface area contributed by atoms with Crippen LogP contribution in [0.3, 0.4) is 0 Å². The summed E-state index contributed by atoms with van der Waals surface area (Å²) in [6.45, 7) is 10.4. The number of ether oxygens (including phenoxy) is 1. The van der Waals surface area contributed by atoms with Gasteiger partial charge < -0.3 is 14.7 Å². The maximum absolute atomic E-state index is 10.7. The number of aliphatic hydroxyl groups is 1. The Bertz CT molecular complexity index is 901. The predicted molar refractivity (Wildman–Crippen MR) is 118 cm³/mol. The van der Waals surface area contributed by atoms with E-state index >= 15 is 0 Å². The Morgan fingerprint density at radius 1 is 1.17 bits per heavy atom. The van der Waals surface area contributed by atoms with Gasteiger partial charge in [0.15, 0.2) is 5.75 Å². The van der Waals surface area contributed by atoms with Crippen LogP contribution in [-0.4, -0.2) is 51.6 Å². The molecule has 0 bridgehead atoms. The molecule has 0 saturated carbocycles. The lowest BCUT2D eigenvalue weighted by atomic mass is 9.83. The van der Waals surface area contributed by atoms with E-state index in [1.54, 1.807) is 0 Å². The lowest BCUT2D eigenvalue weighted by molar-refractivity contribution is -0.0559. The molecule has 0 aliphatic carbocycles. The number of hydrogen-bond acceptors (Lipinski definition) is 5. The third-order valence-corrected chi connectivity index (χ3v) is 7.20. The maximum Gasteiger partial charge on any atom is 0.163 e. The first-order valence-corrected chi connectivity index (χ1v) is 11.6. The Kier molecular flexibility index (Phi) is 5.23. The summed E-state index contributed by atoms with van der Waals surface area (Å²) in [6.07, 6.45) is 6.44. The molecule has 1 fully saturated rings. The van der Waals surface area contributed by atoms with Crippen molar-refractivity contribution in [2.24, 2.45) is 0 Å². The van der Waals surface area contributed by atoms with Crippen molar-refractivity contribution in [1.82, 2.24) is 14.7 Å². The van der Waals surface area contributed by atoms with Gasteiger partial charge in [-0.15, -0.1) is 0 Å². The van der Waals surface area contributed by atoms with Crippen molar-refractivity contribution in [2.45, 2.75) is 70.7 Å². The molecule has 0 amide bonds. The summed E-state index contributed by atoms with van der Waals surface area (Å²) >= 11 is 0. The highest BCUT2D eigenvalue weighted by Crippen LogP contribution is 2.43. The van der Waals surface area contributed by atoms with E-state index in [4.69, 9.17) is 4.74 Å². The first-order chi connectivity index (χ1) is 14.6. The second kappa shape index (κ2) is 7.89. The summed E-state index contributed by atoms with van der Waals surface area (Å²) in [5.74, 6) is 0.777. The first-order valence-electron chi connectivity index (χ1n) is 11.6. The van der Waals surface area contributed by atoms with Crippen molar-refractivity contribution >= 4 is 5.69 Å². The van der Waals surface area contributed by atoms with Crippen LogP contribution in [0.4, 0.5) is 5.69 Å². The molecule has 6 nitrogen and oxygen atoms in total. The molecule has 0 radical (unpaired) electrons. The van der Waals surface area contributed by atoms with Gasteiger partial charge in [0.2, 0.25) is 0 Å². The number of aryl methyl sites for hydroxylation is 2. The largest absolute Gasteiger partial charge is 0.483 e. The fourth-order valence-corrected chi connectivity index (χ4v) is 5.45. The number of nitrogens with zero attached hydrogens (tertiary/aromatic N) is 4. The van der Waals surface area contributed by atoms with Gasteiger partial charge in [-0.05, 0) is 56.7 Å². The molecule has 3 aliphatic heterocycles. The van der Waals surface area contributed by atoms with Crippen molar-refractivity contribution in [3.05, 3.63) is 41.2 Å². The summed E-state index contributed by atoms with van der Waals surface area (Å²) in [6, 6.07) is 7.06. The summed E-state index contributed by atoms with van der Waals surface area (Å²) in [4.78, 5) is 5.03. The number of anilines is 1. The van der Waals surface area contributed by atoms with E-state index in [1.165, 1.54) is 36.2 Å². The van der Waals surface area contributed by atoms with E-state index in [0.717, 1.165) is 51.3 Å². The molecule has 2 aromatic rings. The molecule has 3 aliphatic rings. The summed E-state index contributed by atoms with van der Waals surface area (Å²) in [5.41, 5.74) is 4.81. The van der Waals surface area contributed by atoms with E-state index in [9.17, 15) is 5.11 Å². The summed E-state index contributed by atoms with van der Waals surface area (Å²) in [5, 5.41) is 15.1. The van der Waals surface area contributed by atoms with Crippen LogP contribution in [-0.2, 0) is 19.5 Å². The highest BCUT2D eigenvalue weighted by molar-refractivity contribution is 5.56. The molecule has 1 atom stereocenters. The van der Waals surface area contributed by atoms with Gasteiger partial charge in [-0.1, -0.05) is 12.1 Å². The minimum Gasteiger partial charge on any atom is -0.483 e.